The van der Waals surface area contributed by atoms with Gasteiger partial charge in [-0.1, -0.05) is 26.7 Å². The summed E-state index contributed by atoms with van der Waals surface area (Å²) in [6, 6.07) is 0. The lowest BCUT2D eigenvalue weighted by Gasteiger charge is -1.86. The summed E-state index contributed by atoms with van der Waals surface area (Å²) in [6.07, 6.45) is 2.64. The summed E-state index contributed by atoms with van der Waals surface area (Å²) >= 11 is 0. The van der Waals surface area contributed by atoms with Crippen molar-refractivity contribution in [1.29, 1.82) is 0 Å². The fourth-order valence-electron chi connectivity index (χ4n) is 0.204. The first kappa shape index (κ1) is 11.7. The first-order chi connectivity index (χ1) is 4.33. The maximum absolute atomic E-state index is 4.83. The maximum Gasteiger partial charge on any atom is 0.0437 e. The van der Waals surface area contributed by atoms with Crippen molar-refractivity contribution >= 4 is 0 Å². The highest BCUT2D eigenvalue weighted by Gasteiger charge is 1.64. The summed E-state index contributed by atoms with van der Waals surface area (Å²) in [7, 11) is 0. The van der Waals surface area contributed by atoms with E-state index in [-0.39, 0.29) is 0 Å². The van der Waals surface area contributed by atoms with Gasteiger partial charge in [-0.3, -0.25) is 0 Å². The Morgan fingerprint density at radius 2 is 1.11 bits per heavy atom. The molecule has 0 amide bonds. The molecular weight excluding hydrogens is 112 g/mol. The molecule has 0 atom stereocenters. The minimum absolute atomic E-state index is 0.844. The topological polar surface area (TPSA) is 9.23 Å². The molecule has 0 bridgehead atoms. The molecule has 0 radical (unpaired) electrons. The number of unbranched alkanes of at least 4 members (excludes halogenated alkanes) is 1. The van der Waals surface area contributed by atoms with E-state index in [0.717, 1.165) is 13.2 Å². The van der Waals surface area contributed by atoms with Crippen molar-refractivity contribution in [3.8, 4) is 0 Å². The van der Waals surface area contributed by atoms with Crippen LogP contribution in [0.25, 0.3) is 0 Å². The smallest absolute Gasteiger partial charge is 0.0437 e. The monoisotopic (exact) mass is 132 g/mol. The van der Waals surface area contributed by atoms with Crippen molar-refractivity contribution in [2.45, 2.75) is 40.5 Å². The molecular formula is C8H20O. The van der Waals surface area contributed by atoms with Crippen LogP contribution in [-0.2, 0) is 4.74 Å². The van der Waals surface area contributed by atoms with E-state index in [9.17, 15) is 0 Å². The van der Waals surface area contributed by atoms with Crippen molar-refractivity contribution in [2.75, 3.05) is 13.2 Å². The Labute approximate surface area is 59.4 Å². The van der Waals surface area contributed by atoms with E-state index in [2.05, 4.69) is 13.8 Å². The van der Waals surface area contributed by atoms with Crippen molar-refractivity contribution in [2.24, 2.45) is 0 Å². The zero-order valence-electron chi connectivity index (χ0n) is 7.24. The number of hydrogen-bond acceptors (Lipinski definition) is 1. The van der Waals surface area contributed by atoms with Crippen molar-refractivity contribution < 1.29 is 4.74 Å². The van der Waals surface area contributed by atoms with Crippen LogP contribution in [0.1, 0.15) is 40.5 Å². The van der Waals surface area contributed by atoms with Gasteiger partial charge in [-0.15, -0.1) is 0 Å². The van der Waals surface area contributed by atoms with E-state index in [1.54, 1.807) is 0 Å². The molecule has 0 unspecified atom stereocenters. The van der Waals surface area contributed by atoms with Gasteiger partial charge in [0.2, 0.25) is 0 Å². The molecule has 0 heterocycles. The van der Waals surface area contributed by atoms with E-state index < -0.39 is 0 Å². The summed E-state index contributed by atoms with van der Waals surface area (Å²) in [5, 5.41) is 0. The van der Waals surface area contributed by atoms with Gasteiger partial charge in [0.25, 0.3) is 0 Å². The highest BCUT2D eigenvalue weighted by atomic mass is 16.5. The molecule has 0 aliphatic rings. The summed E-state index contributed by atoms with van der Waals surface area (Å²) in [5.41, 5.74) is 0. The number of ether oxygens (including phenoxy) is 1. The van der Waals surface area contributed by atoms with E-state index >= 15 is 0 Å². The summed E-state index contributed by atoms with van der Waals surface area (Å²) in [4.78, 5) is 0. The molecule has 1 heteroatoms. The van der Waals surface area contributed by atoms with Crippen LogP contribution < -0.4 is 0 Å². The average Bonchev–Trinajstić information content (AvgIpc) is 1.91. The first-order valence-electron chi connectivity index (χ1n) is 3.91. The third kappa shape index (κ3) is 32.3. The van der Waals surface area contributed by atoms with Gasteiger partial charge in [-0.25, -0.2) is 0 Å². The third-order valence-corrected chi connectivity index (χ3v) is 0.908. The molecule has 0 aliphatic carbocycles. The second-order valence-corrected chi connectivity index (χ2v) is 1.78. The second-order valence-electron chi connectivity index (χ2n) is 1.78. The van der Waals surface area contributed by atoms with E-state index in [0.29, 0.717) is 0 Å². The van der Waals surface area contributed by atoms with Crippen molar-refractivity contribution in [1.82, 2.24) is 0 Å². The van der Waals surface area contributed by atoms with Gasteiger partial charge in [-0.05, 0) is 13.8 Å². The lowest BCUT2D eigenvalue weighted by molar-refractivity contribution is 0.162. The first-order valence-corrected chi connectivity index (χ1v) is 3.91. The predicted octanol–water partition coefficient (Wildman–Crippen LogP) is 2.85. The molecule has 0 spiro atoms. The van der Waals surface area contributed by atoms with Crippen LogP contribution in [0, 0.1) is 0 Å². The number of rotatable bonds is 3. The third-order valence-electron chi connectivity index (χ3n) is 0.908. The molecule has 0 saturated carbocycles. The van der Waals surface area contributed by atoms with Crippen LogP contribution in [0.15, 0.2) is 0 Å². The van der Waals surface area contributed by atoms with E-state index in [4.69, 9.17) is 4.74 Å². The van der Waals surface area contributed by atoms with Crippen LogP contribution in [0.2, 0.25) is 0 Å². The minimum Gasteiger partial charge on any atom is -0.382 e. The summed E-state index contributed by atoms with van der Waals surface area (Å²) in [6.45, 7) is 10.0. The van der Waals surface area contributed by atoms with Crippen LogP contribution >= 0.6 is 0 Å². The zero-order valence-corrected chi connectivity index (χ0v) is 7.24. The fourth-order valence-corrected chi connectivity index (χ4v) is 0.204. The molecule has 0 N–H and O–H groups in total. The molecule has 58 valence electrons. The Kier molecular flexibility index (Phi) is 20.4. The Balaban J connectivity index is 0. The lowest BCUT2D eigenvalue weighted by Crippen LogP contribution is -1.84. The SMILES string of the molecule is CCCC.CCOCC. The summed E-state index contributed by atoms with van der Waals surface area (Å²) < 4.78 is 4.83. The predicted molar refractivity (Wildman–Crippen MR) is 42.7 cm³/mol. The molecule has 9 heavy (non-hydrogen) atoms. The number of hydrogen-bond donors (Lipinski definition) is 0. The molecule has 0 fully saturated rings. The second kappa shape index (κ2) is 15.7. The normalized spacial score (nSPS) is 8.00. The zero-order chi connectivity index (χ0) is 7.54. The van der Waals surface area contributed by atoms with E-state index in [1.807, 2.05) is 13.8 Å². The molecule has 1 nitrogen and oxygen atoms in total. The molecule has 0 aromatic heterocycles. The highest BCUT2D eigenvalue weighted by molar-refractivity contribution is 4.12. The van der Waals surface area contributed by atoms with Crippen molar-refractivity contribution in [3.05, 3.63) is 0 Å². The maximum atomic E-state index is 4.83. The summed E-state index contributed by atoms with van der Waals surface area (Å²) in [5.74, 6) is 0. The van der Waals surface area contributed by atoms with Crippen LogP contribution in [0.5, 0.6) is 0 Å². The molecule has 0 aliphatic heterocycles. The Morgan fingerprint density at radius 3 is 1.11 bits per heavy atom. The average molecular weight is 132 g/mol. The van der Waals surface area contributed by atoms with Gasteiger partial charge in [0, 0.05) is 13.2 Å². The lowest BCUT2D eigenvalue weighted by atomic mass is 10.4. The van der Waals surface area contributed by atoms with Gasteiger partial charge in [0.15, 0.2) is 0 Å². The van der Waals surface area contributed by atoms with Gasteiger partial charge in [-0.2, -0.15) is 0 Å². The van der Waals surface area contributed by atoms with Gasteiger partial charge >= 0.3 is 0 Å². The van der Waals surface area contributed by atoms with Gasteiger partial charge < -0.3 is 4.74 Å². The Hall–Kier alpha value is -0.0400. The van der Waals surface area contributed by atoms with Crippen LogP contribution in [0.3, 0.4) is 0 Å². The molecule has 0 saturated heterocycles. The minimum atomic E-state index is 0.844. The van der Waals surface area contributed by atoms with E-state index in [1.165, 1.54) is 12.8 Å². The molecule has 0 aromatic carbocycles. The Morgan fingerprint density at radius 1 is 0.778 bits per heavy atom. The van der Waals surface area contributed by atoms with Gasteiger partial charge in [0.05, 0.1) is 0 Å². The highest BCUT2D eigenvalue weighted by Crippen LogP contribution is 1.76. The fraction of sp³-hybridized carbons (Fsp3) is 1.00. The standard InChI is InChI=1S/C4H10O.C4H10/c1-3-5-4-2;1-3-4-2/h3-4H2,1-2H3;3-4H2,1-2H3. The quantitative estimate of drug-likeness (QED) is 0.573. The van der Waals surface area contributed by atoms with Crippen LogP contribution in [0.4, 0.5) is 0 Å². The molecule has 0 aromatic rings. The molecule has 0 rings (SSSR count). The van der Waals surface area contributed by atoms with Crippen molar-refractivity contribution in [3.63, 3.8) is 0 Å². The Bertz CT molecular complexity index is 23.7. The van der Waals surface area contributed by atoms with Crippen LogP contribution in [-0.4, -0.2) is 13.2 Å². The van der Waals surface area contributed by atoms with Gasteiger partial charge in [0.1, 0.15) is 0 Å². The largest absolute Gasteiger partial charge is 0.382 e.